The highest BCUT2D eigenvalue weighted by Crippen LogP contribution is 2.31. The van der Waals surface area contributed by atoms with Gasteiger partial charge in [-0.2, -0.15) is 0 Å². The van der Waals surface area contributed by atoms with Crippen molar-refractivity contribution in [1.82, 2.24) is 4.98 Å². The molecule has 19 heavy (non-hydrogen) atoms. The SMILES string of the molecule is CC(=O)C=Cc1ccc(-c2nc3ccccc3s2)o1. The molecular weight excluding hydrogens is 258 g/mol. The maximum atomic E-state index is 10.9. The molecule has 0 atom stereocenters. The van der Waals surface area contributed by atoms with Crippen molar-refractivity contribution in [2.24, 2.45) is 0 Å². The van der Waals surface area contributed by atoms with Gasteiger partial charge in [0.15, 0.2) is 16.6 Å². The first-order valence-corrected chi connectivity index (χ1v) is 6.68. The minimum absolute atomic E-state index is 0.00191. The Balaban J connectivity index is 1.96. The van der Waals surface area contributed by atoms with Gasteiger partial charge in [-0.1, -0.05) is 12.1 Å². The average molecular weight is 269 g/mol. The molecular formula is C15H11NO2S. The highest BCUT2D eigenvalue weighted by molar-refractivity contribution is 7.21. The van der Waals surface area contributed by atoms with E-state index in [1.54, 1.807) is 17.4 Å². The zero-order valence-electron chi connectivity index (χ0n) is 10.3. The fourth-order valence-electron chi connectivity index (χ4n) is 1.73. The van der Waals surface area contributed by atoms with E-state index in [1.807, 2.05) is 36.4 Å². The number of hydrogen-bond acceptors (Lipinski definition) is 4. The Morgan fingerprint density at radius 1 is 1.26 bits per heavy atom. The van der Waals surface area contributed by atoms with Gasteiger partial charge in [0.1, 0.15) is 5.76 Å². The molecule has 2 heterocycles. The third-order valence-corrected chi connectivity index (χ3v) is 3.66. The first-order chi connectivity index (χ1) is 9.22. The van der Waals surface area contributed by atoms with Crippen LogP contribution in [0.2, 0.25) is 0 Å². The maximum Gasteiger partial charge on any atom is 0.163 e. The summed E-state index contributed by atoms with van der Waals surface area (Å²) >= 11 is 1.59. The number of ketones is 1. The minimum atomic E-state index is -0.00191. The predicted molar refractivity (Wildman–Crippen MR) is 77.0 cm³/mol. The average Bonchev–Trinajstić information content (AvgIpc) is 3.02. The normalized spacial score (nSPS) is 11.4. The van der Waals surface area contributed by atoms with E-state index in [4.69, 9.17) is 4.42 Å². The lowest BCUT2D eigenvalue weighted by atomic mass is 10.3. The Morgan fingerprint density at radius 3 is 2.89 bits per heavy atom. The molecule has 0 aliphatic carbocycles. The fourth-order valence-corrected chi connectivity index (χ4v) is 2.66. The van der Waals surface area contributed by atoms with E-state index in [-0.39, 0.29) is 5.78 Å². The Hall–Kier alpha value is -2.20. The molecule has 0 unspecified atom stereocenters. The molecule has 0 aliphatic heterocycles. The van der Waals surface area contributed by atoms with Crippen LogP contribution < -0.4 is 0 Å². The van der Waals surface area contributed by atoms with Crippen LogP contribution in [0.15, 0.2) is 46.9 Å². The molecule has 0 fully saturated rings. The first-order valence-electron chi connectivity index (χ1n) is 5.87. The molecule has 0 amide bonds. The van der Waals surface area contributed by atoms with Gasteiger partial charge in [-0.25, -0.2) is 4.98 Å². The third-order valence-electron chi connectivity index (χ3n) is 2.61. The number of benzene rings is 1. The Labute approximate surface area is 114 Å². The van der Waals surface area contributed by atoms with Crippen molar-refractivity contribution in [2.45, 2.75) is 6.92 Å². The van der Waals surface area contributed by atoms with Crippen LogP contribution >= 0.6 is 11.3 Å². The maximum absolute atomic E-state index is 10.9. The van der Waals surface area contributed by atoms with Gasteiger partial charge in [0.25, 0.3) is 0 Å². The van der Waals surface area contributed by atoms with Gasteiger partial charge < -0.3 is 4.42 Å². The molecule has 0 radical (unpaired) electrons. The van der Waals surface area contributed by atoms with Crippen LogP contribution in [0.1, 0.15) is 12.7 Å². The summed E-state index contributed by atoms with van der Waals surface area (Å²) in [6, 6.07) is 11.7. The molecule has 1 aromatic carbocycles. The van der Waals surface area contributed by atoms with Crippen molar-refractivity contribution in [3.05, 3.63) is 48.2 Å². The van der Waals surface area contributed by atoms with Crippen LogP contribution in [0.4, 0.5) is 0 Å². The van der Waals surface area contributed by atoms with Crippen molar-refractivity contribution < 1.29 is 9.21 Å². The zero-order valence-corrected chi connectivity index (χ0v) is 11.1. The largest absolute Gasteiger partial charge is 0.454 e. The van der Waals surface area contributed by atoms with Crippen molar-refractivity contribution in [3.63, 3.8) is 0 Å². The summed E-state index contributed by atoms with van der Waals surface area (Å²) in [6.45, 7) is 1.51. The van der Waals surface area contributed by atoms with Crippen LogP contribution in [0, 0.1) is 0 Å². The molecule has 0 spiro atoms. The molecule has 0 aliphatic rings. The van der Waals surface area contributed by atoms with Gasteiger partial charge in [-0.3, -0.25) is 4.79 Å². The van der Waals surface area contributed by atoms with Crippen molar-refractivity contribution in [1.29, 1.82) is 0 Å². The van der Waals surface area contributed by atoms with Gasteiger partial charge in [0, 0.05) is 0 Å². The van der Waals surface area contributed by atoms with E-state index in [2.05, 4.69) is 4.98 Å². The van der Waals surface area contributed by atoms with Crippen LogP contribution in [-0.4, -0.2) is 10.8 Å². The highest BCUT2D eigenvalue weighted by Gasteiger charge is 2.09. The van der Waals surface area contributed by atoms with Gasteiger partial charge in [0.05, 0.1) is 10.2 Å². The van der Waals surface area contributed by atoms with E-state index in [0.717, 1.165) is 21.0 Å². The molecule has 0 N–H and O–H groups in total. The number of rotatable bonds is 3. The van der Waals surface area contributed by atoms with E-state index >= 15 is 0 Å². The summed E-state index contributed by atoms with van der Waals surface area (Å²) in [5, 5.41) is 0.851. The van der Waals surface area contributed by atoms with E-state index in [0.29, 0.717) is 5.76 Å². The van der Waals surface area contributed by atoms with Gasteiger partial charge in [0.2, 0.25) is 0 Å². The summed E-state index contributed by atoms with van der Waals surface area (Å²) in [7, 11) is 0. The Bertz CT molecular complexity index is 734. The molecule has 94 valence electrons. The van der Waals surface area contributed by atoms with Gasteiger partial charge in [-0.05, 0) is 43.3 Å². The van der Waals surface area contributed by atoms with Crippen molar-refractivity contribution in [3.8, 4) is 10.8 Å². The summed E-state index contributed by atoms with van der Waals surface area (Å²) in [4.78, 5) is 15.4. The number of thiazole rings is 1. The number of fused-ring (bicyclic) bond motifs is 1. The smallest absolute Gasteiger partial charge is 0.163 e. The molecule has 0 saturated heterocycles. The van der Waals surface area contributed by atoms with Crippen LogP contribution in [0.3, 0.4) is 0 Å². The number of para-hydroxylation sites is 1. The zero-order chi connectivity index (χ0) is 13.2. The van der Waals surface area contributed by atoms with Crippen molar-refractivity contribution >= 4 is 33.4 Å². The Kier molecular flexibility index (Phi) is 3.01. The molecule has 2 aromatic heterocycles. The number of nitrogens with zero attached hydrogens (tertiary/aromatic N) is 1. The minimum Gasteiger partial charge on any atom is -0.454 e. The molecule has 4 heteroatoms. The summed E-state index contributed by atoms with van der Waals surface area (Å²) in [6.07, 6.45) is 3.15. The molecule has 3 rings (SSSR count). The standard InChI is InChI=1S/C15H11NO2S/c1-10(17)6-7-11-8-9-13(18-11)15-16-12-4-2-3-5-14(12)19-15/h2-9H,1H3. The van der Waals surface area contributed by atoms with Crippen LogP contribution in [0.5, 0.6) is 0 Å². The lowest BCUT2D eigenvalue weighted by molar-refractivity contribution is -0.112. The number of carbonyl (C=O) groups is 1. The quantitative estimate of drug-likeness (QED) is 0.670. The second-order valence-electron chi connectivity index (χ2n) is 4.13. The topological polar surface area (TPSA) is 43.1 Å². The van der Waals surface area contributed by atoms with Crippen LogP contribution in [-0.2, 0) is 4.79 Å². The number of carbonyl (C=O) groups excluding carboxylic acids is 1. The lowest BCUT2D eigenvalue weighted by Gasteiger charge is -1.87. The third kappa shape index (κ3) is 2.48. The molecule has 0 bridgehead atoms. The lowest BCUT2D eigenvalue weighted by Crippen LogP contribution is -1.78. The number of allylic oxidation sites excluding steroid dienone is 1. The summed E-state index contributed by atoms with van der Waals surface area (Å²) < 4.78 is 6.79. The highest BCUT2D eigenvalue weighted by atomic mass is 32.1. The molecule has 0 saturated carbocycles. The second-order valence-corrected chi connectivity index (χ2v) is 5.16. The van der Waals surface area contributed by atoms with Gasteiger partial charge in [-0.15, -0.1) is 11.3 Å². The Morgan fingerprint density at radius 2 is 2.11 bits per heavy atom. The number of aromatic nitrogens is 1. The fraction of sp³-hybridized carbons (Fsp3) is 0.0667. The number of furan rings is 1. The van der Waals surface area contributed by atoms with E-state index in [9.17, 15) is 4.79 Å². The summed E-state index contributed by atoms with van der Waals surface area (Å²) in [5.41, 5.74) is 0.972. The van der Waals surface area contributed by atoms with Crippen molar-refractivity contribution in [2.75, 3.05) is 0 Å². The van der Waals surface area contributed by atoms with E-state index < -0.39 is 0 Å². The first kappa shape index (κ1) is 11.9. The van der Waals surface area contributed by atoms with Gasteiger partial charge >= 0.3 is 0 Å². The number of hydrogen-bond donors (Lipinski definition) is 0. The van der Waals surface area contributed by atoms with Crippen LogP contribution in [0.25, 0.3) is 27.1 Å². The second kappa shape index (κ2) is 4.82. The molecule has 3 aromatic rings. The predicted octanol–water partition coefficient (Wildman–Crippen LogP) is 4.16. The monoisotopic (exact) mass is 269 g/mol. The molecule has 3 nitrogen and oxygen atoms in total. The van der Waals surface area contributed by atoms with E-state index in [1.165, 1.54) is 13.0 Å². The summed E-state index contributed by atoms with van der Waals surface area (Å²) in [5.74, 6) is 1.38.